The number of nitrogens with one attached hydrogen (secondary N) is 1. The molecule has 3 aliphatic carbocycles. The number of hydrogen-bond acceptors (Lipinski definition) is 4. The van der Waals surface area contributed by atoms with Crippen molar-refractivity contribution in [2.24, 2.45) is 11.7 Å². The number of carbonyl (C=O) groups is 2. The zero-order valence-electron chi connectivity index (χ0n) is 13.6. The van der Waals surface area contributed by atoms with Crippen LogP contribution in [-0.4, -0.2) is 17.6 Å². The molecule has 4 nitrogen and oxygen atoms in total. The zero-order valence-corrected chi connectivity index (χ0v) is 13.6. The molecule has 0 heterocycles. The van der Waals surface area contributed by atoms with Crippen LogP contribution in [0.4, 0.5) is 0 Å². The van der Waals surface area contributed by atoms with Crippen LogP contribution in [-0.2, 0) is 9.59 Å². The molecule has 1 saturated carbocycles. The average Bonchev–Trinajstić information content (AvgIpc) is 2.55. The van der Waals surface area contributed by atoms with Crippen molar-refractivity contribution in [3.63, 3.8) is 0 Å². The summed E-state index contributed by atoms with van der Waals surface area (Å²) in [7, 11) is 0. The number of ketones is 2. The molecule has 1 fully saturated rings. The van der Waals surface area contributed by atoms with E-state index in [9.17, 15) is 9.59 Å². The molecule has 0 bridgehead atoms. The van der Waals surface area contributed by atoms with Crippen LogP contribution in [0.2, 0.25) is 0 Å². The average molecular weight is 312 g/mol. The molecule has 23 heavy (non-hydrogen) atoms. The van der Waals surface area contributed by atoms with E-state index in [1.807, 2.05) is 0 Å². The highest BCUT2D eigenvalue weighted by atomic mass is 16.1. The van der Waals surface area contributed by atoms with E-state index in [1.165, 1.54) is 43.9 Å². The number of carbonyl (C=O) groups excluding carboxylic acids is 2. The van der Waals surface area contributed by atoms with Gasteiger partial charge in [-0.15, -0.1) is 0 Å². The topological polar surface area (TPSA) is 72.2 Å². The molecule has 3 N–H and O–H groups in total. The molecule has 0 spiro atoms. The SMILES string of the molecule is CCC[C@H]1CC[C@H](NC2=C3C(=O)C=CC(N)=C3C(=O)C=C2)CC1. The van der Waals surface area contributed by atoms with Gasteiger partial charge in [0.05, 0.1) is 11.1 Å². The fourth-order valence-corrected chi connectivity index (χ4v) is 3.80. The van der Waals surface area contributed by atoms with Crippen LogP contribution in [0, 0.1) is 5.92 Å². The summed E-state index contributed by atoms with van der Waals surface area (Å²) in [6.45, 7) is 2.24. The van der Waals surface area contributed by atoms with E-state index >= 15 is 0 Å². The Balaban J connectivity index is 1.78. The largest absolute Gasteiger partial charge is 0.398 e. The second kappa shape index (κ2) is 6.57. The molecule has 0 atom stereocenters. The predicted octanol–water partition coefficient (Wildman–Crippen LogP) is 2.68. The van der Waals surface area contributed by atoms with Crippen molar-refractivity contribution in [3.8, 4) is 0 Å². The van der Waals surface area contributed by atoms with Gasteiger partial charge < -0.3 is 11.1 Å². The molecule has 122 valence electrons. The van der Waals surface area contributed by atoms with Crippen molar-refractivity contribution in [2.45, 2.75) is 51.5 Å². The smallest absolute Gasteiger partial charge is 0.188 e. The fourth-order valence-electron chi connectivity index (χ4n) is 3.80. The number of nitrogens with two attached hydrogens (primary N) is 1. The molecule has 0 aliphatic heterocycles. The summed E-state index contributed by atoms with van der Waals surface area (Å²) in [6, 6.07) is 0.365. The van der Waals surface area contributed by atoms with Gasteiger partial charge in [0.1, 0.15) is 0 Å². The third-order valence-corrected chi connectivity index (χ3v) is 5.02. The number of fused-ring (bicyclic) bond motifs is 1. The molecule has 0 saturated heterocycles. The van der Waals surface area contributed by atoms with Gasteiger partial charge in [0.25, 0.3) is 0 Å². The summed E-state index contributed by atoms with van der Waals surface area (Å²) < 4.78 is 0. The number of allylic oxidation sites excluding steroid dienone is 6. The third-order valence-electron chi connectivity index (χ3n) is 5.02. The van der Waals surface area contributed by atoms with Gasteiger partial charge in [-0.2, -0.15) is 0 Å². The second-order valence-electron chi connectivity index (χ2n) is 6.66. The predicted molar refractivity (Wildman–Crippen MR) is 90.3 cm³/mol. The third kappa shape index (κ3) is 3.16. The molecular weight excluding hydrogens is 288 g/mol. The first-order valence-corrected chi connectivity index (χ1v) is 8.56. The molecule has 0 amide bonds. The Kier molecular flexibility index (Phi) is 4.51. The summed E-state index contributed by atoms with van der Waals surface area (Å²) >= 11 is 0. The Labute approximate surface area is 137 Å². The molecule has 0 unspecified atom stereocenters. The molecule has 0 radical (unpaired) electrons. The molecular formula is C19H24N2O2. The standard InChI is InChI=1S/C19H24N2O2/c1-2-3-12-4-6-13(7-5-12)21-15-9-11-16(22)18-14(20)8-10-17(23)19(15)18/h8-13,21H,2-7,20H2,1H3/t12-,13-. The summed E-state index contributed by atoms with van der Waals surface area (Å²) in [5.41, 5.74) is 7.82. The van der Waals surface area contributed by atoms with E-state index in [2.05, 4.69) is 12.2 Å². The molecule has 0 aromatic carbocycles. The van der Waals surface area contributed by atoms with E-state index in [4.69, 9.17) is 5.73 Å². The second-order valence-corrected chi connectivity index (χ2v) is 6.66. The lowest BCUT2D eigenvalue weighted by atomic mass is 9.82. The Hall–Kier alpha value is -2.10. The lowest BCUT2D eigenvalue weighted by Gasteiger charge is -2.31. The number of hydrogen-bond donors (Lipinski definition) is 2. The van der Waals surface area contributed by atoms with Crippen molar-refractivity contribution in [1.29, 1.82) is 0 Å². The number of rotatable bonds is 4. The quantitative estimate of drug-likeness (QED) is 0.837. The van der Waals surface area contributed by atoms with E-state index in [0.717, 1.165) is 24.5 Å². The van der Waals surface area contributed by atoms with Crippen LogP contribution in [0.3, 0.4) is 0 Å². The minimum atomic E-state index is -0.188. The zero-order chi connectivity index (χ0) is 16.4. The van der Waals surface area contributed by atoms with Crippen molar-refractivity contribution in [2.75, 3.05) is 0 Å². The van der Waals surface area contributed by atoms with Gasteiger partial charge in [0, 0.05) is 17.4 Å². The lowest BCUT2D eigenvalue weighted by molar-refractivity contribution is -0.114. The fraction of sp³-hybridized carbons (Fsp3) is 0.474. The highest BCUT2D eigenvalue weighted by molar-refractivity contribution is 6.23. The van der Waals surface area contributed by atoms with E-state index in [0.29, 0.717) is 22.9 Å². The first-order chi connectivity index (χ1) is 11.1. The van der Waals surface area contributed by atoms with Crippen molar-refractivity contribution >= 4 is 11.6 Å². The van der Waals surface area contributed by atoms with Gasteiger partial charge in [0.2, 0.25) is 0 Å². The van der Waals surface area contributed by atoms with E-state index in [1.54, 1.807) is 6.08 Å². The maximum Gasteiger partial charge on any atom is 0.188 e. The van der Waals surface area contributed by atoms with Crippen LogP contribution >= 0.6 is 0 Å². The molecule has 3 rings (SSSR count). The monoisotopic (exact) mass is 312 g/mol. The maximum atomic E-state index is 12.2. The van der Waals surface area contributed by atoms with Gasteiger partial charge >= 0.3 is 0 Å². The Bertz CT molecular complexity index is 644. The summed E-state index contributed by atoms with van der Waals surface area (Å²) in [6.07, 6.45) is 13.4. The summed E-state index contributed by atoms with van der Waals surface area (Å²) in [4.78, 5) is 24.3. The first kappa shape index (κ1) is 15.8. The molecule has 4 heteroatoms. The van der Waals surface area contributed by atoms with Gasteiger partial charge in [-0.25, -0.2) is 0 Å². The molecule has 0 aromatic rings. The van der Waals surface area contributed by atoms with Gasteiger partial charge in [-0.3, -0.25) is 9.59 Å². The van der Waals surface area contributed by atoms with Crippen LogP contribution in [0.25, 0.3) is 0 Å². The minimum absolute atomic E-state index is 0.144. The van der Waals surface area contributed by atoms with Crippen LogP contribution < -0.4 is 11.1 Å². The minimum Gasteiger partial charge on any atom is -0.398 e. The van der Waals surface area contributed by atoms with Gasteiger partial charge in [-0.05, 0) is 55.9 Å². The summed E-state index contributed by atoms with van der Waals surface area (Å²) in [5.74, 6) is 0.506. The van der Waals surface area contributed by atoms with Crippen LogP contribution in [0.1, 0.15) is 45.4 Å². The first-order valence-electron chi connectivity index (χ1n) is 8.56. The normalized spacial score (nSPS) is 27.5. The molecule has 3 aliphatic rings. The van der Waals surface area contributed by atoms with Crippen LogP contribution in [0.5, 0.6) is 0 Å². The maximum absolute atomic E-state index is 12.2. The Morgan fingerprint density at radius 3 is 2.35 bits per heavy atom. The van der Waals surface area contributed by atoms with Crippen molar-refractivity contribution in [1.82, 2.24) is 5.32 Å². The van der Waals surface area contributed by atoms with Crippen molar-refractivity contribution in [3.05, 3.63) is 46.8 Å². The highest BCUT2D eigenvalue weighted by Crippen LogP contribution is 2.31. The van der Waals surface area contributed by atoms with Gasteiger partial charge in [-0.1, -0.05) is 19.8 Å². The lowest BCUT2D eigenvalue weighted by Crippen LogP contribution is -2.35. The Morgan fingerprint density at radius 1 is 1.00 bits per heavy atom. The molecule has 0 aromatic heterocycles. The van der Waals surface area contributed by atoms with Gasteiger partial charge in [0.15, 0.2) is 11.6 Å². The van der Waals surface area contributed by atoms with E-state index < -0.39 is 0 Å². The summed E-state index contributed by atoms with van der Waals surface area (Å²) in [5, 5.41) is 3.49. The van der Waals surface area contributed by atoms with E-state index in [-0.39, 0.29) is 11.6 Å². The van der Waals surface area contributed by atoms with Crippen LogP contribution in [0.15, 0.2) is 46.8 Å². The highest BCUT2D eigenvalue weighted by Gasteiger charge is 2.30. The Morgan fingerprint density at radius 2 is 1.65 bits per heavy atom. The van der Waals surface area contributed by atoms with Crippen molar-refractivity contribution < 1.29 is 9.59 Å².